The van der Waals surface area contributed by atoms with Gasteiger partial charge in [0.25, 0.3) is 0 Å². The summed E-state index contributed by atoms with van der Waals surface area (Å²) in [5.41, 5.74) is 6.35. The Morgan fingerprint density at radius 1 is 0.529 bits per heavy atom. The van der Waals surface area contributed by atoms with Gasteiger partial charge in [0.2, 0.25) is 0 Å². The zero-order valence-corrected chi connectivity index (χ0v) is 21.0. The molecule has 0 unspecified atom stereocenters. The molecule has 0 spiro atoms. The second-order valence-corrected chi connectivity index (χ2v) is 8.68. The standard InChI is InChI=1S/C30H35O3P/c1-7-13-23-19-21-29(27(17-11-5)25(23)15-9-3)32-34(31)33-30-22-20-24(14-8-2)26(16-10-4)28(30)18-12-6/h7-12,19-22,34H,1-6,13-18H2. The molecule has 2 rings (SSSR count). The predicted molar refractivity (Wildman–Crippen MR) is 147 cm³/mol. The first-order chi connectivity index (χ1) is 16.5. The molecule has 178 valence electrons. The second kappa shape index (κ2) is 14.1. The van der Waals surface area contributed by atoms with Gasteiger partial charge in [0, 0.05) is 11.1 Å². The molecule has 0 atom stereocenters. The highest BCUT2D eigenvalue weighted by atomic mass is 31.1. The van der Waals surface area contributed by atoms with Crippen LogP contribution in [0.5, 0.6) is 11.5 Å². The van der Waals surface area contributed by atoms with E-state index >= 15 is 0 Å². The van der Waals surface area contributed by atoms with Gasteiger partial charge in [0.1, 0.15) is 11.5 Å². The van der Waals surface area contributed by atoms with Gasteiger partial charge in [-0.3, -0.25) is 0 Å². The number of rotatable bonds is 16. The molecule has 0 N–H and O–H groups in total. The number of benzene rings is 2. The Bertz CT molecular complexity index is 1010. The highest BCUT2D eigenvalue weighted by molar-refractivity contribution is 7.34. The zero-order chi connectivity index (χ0) is 24.9. The summed E-state index contributed by atoms with van der Waals surface area (Å²) in [6.07, 6.45) is 15.0. The Balaban J connectivity index is 2.43. The molecule has 34 heavy (non-hydrogen) atoms. The van der Waals surface area contributed by atoms with Gasteiger partial charge in [-0.2, -0.15) is 0 Å². The van der Waals surface area contributed by atoms with E-state index in [1.165, 1.54) is 0 Å². The van der Waals surface area contributed by atoms with Crippen molar-refractivity contribution in [1.29, 1.82) is 0 Å². The van der Waals surface area contributed by atoms with E-state index in [1.54, 1.807) is 0 Å². The lowest BCUT2D eigenvalue weighted by atomic mass is 9.93. The topological polar surface area (TPSA) is 35.5 Å². The molecule has 0 radical (unpaired) electrons. The zero-order valence-electron chi connectivity index (χ0n) is 20.0. The fourth-order valence-electron chi connectivity index (χ4n) is 4.06. The average molecular weight is 475 g/mol. The Hall–Kier alpha value is -3.29. The van der Waals surface area contributed by atoms with Crippen LogP contribution in [0.2, 0.25) is 0 Å². The van der Waals surface area contributed by atoms with E-state index in [4.69, 9.17) is 9.05 Å². The maximum atomic E-state index is 13.1. The van der Waals surface area contributed by atoms with Crippen LogP contribution in [0.25, 0.3) is 0 Å². The third-order valence-corrected chi connectivity index (χ3v) is 6.25. The van der Waals surface area contributed by atoms with Gasteiger partial charge >= 0.3 is 8.25 Å². The molecule has 0 aliphatic heterocycles. The van der Waals surface area contributed by atoms with Gasteiger partial charge in [0.05, 0.1) is 0 Å². The van der Waals surface area contributed by atoms with E-state index < -0.39 is 8.25 Å². The van der Waals surface area contributed by atoms with Crippen molar-refractivity contribution in [2.24, 2.45) is 0 Å². The molecule has 4 heteroatoms. The number of allylic oxidation sites excluding steroid dienone is 6. The number of hydrogen-bond donors (Lipinski definition) is 0. The van der Waals surface area contributed by atoms with Crippen molar-refractivity contribution >= 4 is 8.25 Å². The monoisotopic (exact) mass is 474 g/mol. The first kappa shape index (κ1) is 27.0. The summed E-state index contributed by atoms with van der Waals surface area (Å²) in [6.45, 7) is 23.2. The summed E-state index contributed by atoms with van der Waals surface area (Å²) in [5, 5.41) is 0. The summed E-state index contributed by atoms with van der Waals surface area (Å²) < 4.78 is 24.8. The molecule has 2 aromatic carbocycles. The Kier molecular flexibility index (Phi) is 11.2. The molecule has 0 heterocycles. The Morgan fingerprint density at radius 2 is 0.853 bits per heavy atom. The molecule has 0 bridgehead atoms. The fourth-order valence-corrected chi connectivity index (χ4v) is 4.84. The summed E-state index contributed by atoms with van der Waals surface area (Å²) in [6, 6.07) is 7.65. The van der Waals surface area contributed by atoms with Crippen LogP contribution in [0.4, 0.5) is 0 Å². The van der Waals surface area contributed by atoms with E-state index in [9.17, 15) is 4.57 Å². The minimum Gasteiger partial charge on any atom is -0.418 e. The molecule has 0 saturated heterocycles. The lowest BCUT2D eigenvalue weighted by Gasteiger charge is -2.19. The van der Waals surface area contributed by atoms with Crippen LogP contribution >= 0.6 is 8.25 Å². The molecule has 0 aliphatic rings. The van der Waals surface area contributed by atoms with Gasteiger partial charge in [0.15, 0.2) is 0 Å². The molecule has 0 aromatic heterocycles. The quantitative estimate of drug-likeness (QED) is 0.183. The van der Waals surface area contributed by atoms with E-state index in [-0.39, 0.29) is 0 Å². The van der Waals surface area contributed by atoms with Gasteiger partial charge in [-0.25, -0.2) is 4.57 Å². The van der Waals surface area contributed by atoms with Crippen LogP contribution < -0.4 is 9.05 Å². The van der Waals surface area contributed by atoms with Crippen LogP contribution in [0.1, 0.15) is 33.4 Å². The molecular weight excluding hydrogens is 439 g/mol. The largest absolute Gasteiger partial charge is 0.418 e. The van der Waals surface area contributed by atoms with E-state index in [2.05, 4.69) is 39.5 Å². The molecule has 0 saturated carbocycles. The lowest BCUT2D eigenvalue weighted by molar-refractivity contribution is 0.412. The van der Waals surface area contributed by atoms with E-state index in [0.717, 1.165) is 46.2 Å². The van der Waals surface area contributed by atoms with Crippen LogP contribution in [-0.2, 0) is 43.1 Å². The lowest BCUT2D eigenvalue weighted by Crippen LogP contribution is -2.04. The van der Waals surface area contributed by atoms with Crippen molar-refractivity contribution < 1.29 is 13.6 Å². The average Bonchev–Trinajstić information content (AvgIpc) is 2.81. The van der Waals surface area contributed by atoms with Crippen molar-refractivity contribution in [1.82, 2.24) is 0 Å². The van der Waals surface area contributed by atoms with Crippen molar-refractivity contribution in [3.63, 3.8) is 0 Å². The molecular formula is C30H35O3P. The van der Waals surface area contributed by atoms with Crippen LogP contribution in [-0.4, -0.2) is 0 Å². The first-order valence-corrected chi connectivity index (χ1v) is 12.6. The minimum absolute atomic E-state index is 0.535. The van der Waals surface area contributed by atoms with E-state index in [1.807, 2.05) is 60.7 Å². The smallest absolute Gasteiger partial charge is 0.418 e. The molecule has 0 fully saturated rings. The molecule has 0 amide bonds. The third-order valence-electron chi connectivity index (χ3n) is 5.48. The fraction of sp³-hybridized carbons (Fsp3) is 0.200. The van der Waals surface area contributed by atoms with Crippen molar-refractivity contribution in [2.75, 3.05) is 0 Å². The van der Waals surface area contributed by atoms with Gasteiger partial charge in [-0.1, -0.05) is 48.6 Å². The van der Waals surface area contributed by atoms with Gasteiger partial charge in [-0.15, -0.1) is 39.5 Å². The molecule has 0 aliphatic carbocycles. The van der Waals surface area contributed by atoms with Crippen molar-refractivity contribution in [3.05, 3.63) is 134 Å². The van der Waals surface area contributed by atoms with Crippen LogP contribution in [0.15, 0.2) is 100 Å². The van der Waals surface area contributed by atoms with Crippen molar-refractivity contribution in [3.8, 4) is 11.5 Å². The number of hydrogen-bond acceptors (Lipinski definition) is 3. The van der Waals surface area contributed by atoms with Gasteiger partial charge < -0.3 is 9.05 Å². The van der Waals surface area contributed by atoms with E-state index in [0.29, 0.717) is 37.2 Å². The summed E-state index contributed by atoms with van der Waals surface area (Å²) in [7, 11) is -2.90. The summed E-state index contributed by atoms with van der Waals surface area (Å²) in [5.74, 6) is 1.07. The maximum Gasteiger partial charge on any atom is 0.418 e. The molecule has 2 aromatic rings. The van der Waals surface area contributed by atoms with Crippen molar-refractivity contribution in [2.45, 2.75) is 38.5 Å². The normalized spacial score (nSPS) is 10.4. The maximum absolute atomic E-state index is 13.1. The SMILES string of the molecule is C=CCc1ccc(O[PH](=O)Oc2ccc(CC=C)c(CC=C)c2CC=C)c(CC=C)c1CC=C. The second-order valence-electron chi connectivity index (χ2n) is 7.77. The highest BCUT2D eigenvalue weighted by Gasteiger charge is 2.18. The minimum atomic E-state index is -2.90. The molecule has 3 nitrogen and oxygen atoms in total. The van der Waals surface area contributed by atoms with Gasteiger partial charge in [-0.05, 0) is 72.9 Å². The highest BCUT2D eigenvalue weighted by Crippen LogP contribution is 2.38. The first-order valence-electron chi connectivity index (χ1n) is 11.4. The van der Waals surface area contributed by atoms with Crippen LogP contribution in [0, 0.1) is 0 Å². The summed E-state index contributed by atoms with van der Waals surface area (Å²) >= 11 is 0. The van der Waals surface area contributed by atoms with Crippen LogP contribution in [0.3, 0.4) is 0 Å². The Morgan fingerprint density at radius 3 is 1.18 bits per heavy atom. The predicted octanol–water partition coefficient (Wildman–Crippen LogP) is 7.91. The third kappa shape index (κ3) is 6.85. The summed E-state index contributed by atoms with van der Waals surface area (Å²) in [4.78, 5) is 0. The Labute approximate surface area is 205 Å².